The molecule has 1 aliphatic rings. The van der Waals surface area contributed by atoms with E-state index in [0.717, 1.165) is 27.8 Å². The third-order valence-electron chi connectivity index (χ3n) is 4.66. The molecule has 0 fully saturated rings. The van der Waals surface area contributed by atoms with Crippen LogP contribution in [-0.2, 0) is 17.8 Å². The average Bonchev–Trinajstić information content (AvgIpc) is 3.13. The van der Waals surface area contributed by atoms with Gasteiger partial charge in [0.1, 0.15) is 0 Å². The van der Waals surface area contributed by atoms with E-state index >= 15 is 0 Å². The van der Waals surface area contributed by atoms with Crippen LogP contribution in [0.1, 0.15) is 23.1 Å². The number of ether oxygens (including phenoxy) is 2. The van der Waals surface area contributed by atoms with Gasteiger partial charge in [-0.3, -0.25) is 9.59 Å². The van der Waals surface area contributed by atoms with Crippen LogP contribution in [0.2, 0.25) is 0 Å². The summed E-state index contributed by atoms with van der Waals surface area (Å²) in [6, 6.07) is 13.4. The van der Waals surface area contributed by atoms with E-state index in [0.29, 0.717) is 30.7 Å². The Morgan fingerprint density at radius 1 is 1.07 bits per heavy atom. The lowest BCUT2D eigenvalue weighted by atomic mass is 10.1. The van der Waals surface area contributed by atoms with Gasteiger partial charge < -0.3 is 19.8 Å². The molecule has 0 radical (unpaired) electrons. The summed E-state index contributed by atoms with van der Waals surface area (Å²) in [5, 5.41) is 3.91. The maximum absolute atomic E-state index is 12.2. The largest absolute Gasteiger partial charge is 0.454 e. The van der Waals surface area contributed by atoms with Crippen molar-refractivity contribution in [3.63, 3.8) is 0 Å². The molecule has 2 aromatic carbocycles. The highest BCUT2D eigenvalue weighted by atomic mass is 16.7. The van der Waals surface area contributed by atoms with E-state index in [1.54, 1.807) is 6.92 Å². The quantitative estimate of drug-likeness (QED) is 0.730. The molecule has 27 heavy (non-hydrogen) atoms. The van der Waals surface area contributed by atoms with Gasteiger partial charge in [0, 0.05) is 24.0 Å². The number of benzene rings is 2. The van der Waals surface area contributed by atoms with Crippen molar-refractivity contribution < 1.29 is 14.3 Å². The van der Waals surface area contributed by atoms with E-state index in [1.165, 1.54) is 0 Å². The van der Waals surface area contributed by atoms with Gasteiger partial charge in [-0.25, -0.2) is 0 Å². The molecule has 0 atom stereocenters. The first-order valence-electron chi connectivity index (χ1n) is 8.86. The summed E-state index contributed by atoms with van der Waals surface area (Å²) in [6.45, 7) is 2.47. The van der Waals surface area contributed by atoms with Gasteiger partial charge in [-0.1, -0.05) is 18.2 Å². The number of carbonyl (C=O) groups excluding carboxylic acids is 1. The Hall–Kier alpha value is -3.28. The molecule has 0 unspecified atom stereocenters. The van der Waals surface area contributed by atoms with Crippen LogP contribution in [0.25, 0.3) is 10.9 Å². The first-order valence-corrected chi connectivity index (χ1v) is 8.86. The van der Waals surface area contributed by atoms with E-state index in [2.05, 4.69) is 10.3 Å². The van der Waals surface area contributed by atoms with Gasteiger partial charge in [-0.15, -0.1) is 0 Å². The molecule has 6 nitrogen and oxygen atoms in total. The highest BCUT2D eigenvalue weighted by Crippen LogP contribution is 2.32. The summed E-state index contributed by atoms with van der Waals surface area (Å²) in [4.78, 5) is 26.8. The number of hydrogen-bond donors (Lipinski definition) is 2. The zero-order valence-corrected chi connectivity index (χ0v) is 15.0. The van der Waals surface area contributed by atoms with Crippen molar-refractivity contribution in [3.8, 4) is 11.5 Å². The normalized spacial score (nSPS) is 12.3. The van der Waals surface area contributed by atoms with Crippen molar-refractivity contribution in [2.75, 3.05) is 6.79 Å². The third kappa shape index (κ3) is 3.79. The molecular formula is C21H20N2O4. The topological polar surface area (TPSA) is 80.4 Å². The Balaban J connectivity index is 1.34. The molecule has 0 saturated heterocycles. The maximum Gasteiger partial charge on any atom is 0.251 e. The summed E-state index contributed by atoms with van der Waals surface area (Å²) in [5.74, 6) is 1.42. The van der Waals surface area contributed by atoms with Gasteiger partial charge >= 0.3 is 0 Å². The number of pyridine rings is 1. The molecular weight excluding hydrogens is 344 g/mol. The number of nitrogens with one attached hydrogen (secondary N) is 2. The predicted molar refractivity (Wildman–Crippen MR) is 102 cm³/mol. The fourth-order valence-corrected chi connectivity index (χ4v) is 3.11. The zero-order chi connectivity index (χ0) is 18.8. The van der Waals surface area contributed by atoms with Gasteiger partial charge in [-0.05, 0) is 54.1 Å². The van der Waals surface area contributed by atoms with Crippen LogP contribution in [-0.4, -0.2) is 17.7 Å². The standard InChI is InChI=1S/C21H20N2O4/c1-13-8-16-5-2-14(9-17(16)23-21(13)25)4-7-20(24)22-11-15-3-6-18-19(10-15)27-12-26-18/h2-3,5-6,8-10H,4,7,11-12H2,1H3,(H,22,24)(H,23,25). The first kappa shape index (κ1) is 17.1. The minimum Gasteiger partial charge on any atom is -0.454 e. The second-order valence-corrected chi connectivity index (χ2v) is 6.67. The Morgan fingerprint density at radius 2 is 1.89 bits per heavy atom. The van der Waals surface area contributed by atoms with E-state index in [4.69, 9.17) is 9.47 Å². The summed E-state index contributed by atoms with van der Waals surface area (Å²) in [5.41, 5.74) is 3.38. The lowest BCUT2D eigenvalue weighted by Crippen LogP contribution is -2.23. The second-order valence-electron chi connectivity index (χ2n) is 6.67. The van der Waals surface area contributed by atoms with E-state index in [1.807, 2.05) is 42.5 Å². The number of H-pyrrole nitrogens is 1. The average molecular weight is 364 g/mol. The van der Waals surface area contributed by atoms with Crippen molar-refractivity contribution in [2.45, 2.75) is 26.3 Å². The molecule has 0 aliphatic carbocycles. The van der Waals surface area contributed by atoms with Crippen LogP contribution in [0, 0.1) is 6.92 Å². The molecule has 0 saturated carbocycles. The molecule has 138 valence electrons. The third-order valence-corrected chi connectivity index (χ3v) is 4.66. The van der Waals surface area contributed by atoms with Crippen molar-refractivity contribution >= 4 is 16.8 Å². The van der Waals surface area contributed by atoms with Crippen LogP contribution in [0.15, 0.2) is 47.3 Å². The molecule has 2 heterocycles. The van der Waals surface area contributed by atoms with Crippen LogP contribution in [0.4, 0.5) is 0 Å². The summed E-state index contributed by atoms with van der Waals surface area (Å²) < 4.78 is 10.6. The van der Waals surface area contributed by atoms with Gasteiger partial charge in [0.05, 0.1) is 0 Å². The minimum atomic E-state index is -0.0823. The lowest BCUT2D eigenvalue weighted by molar-refractivity contribution is -0.121. The molecule has 0 spiro atoms. The van der Waals surface area contributed by atoms with Crippen molar-refractivity contribution in [1.29, 1.82) is 0 Å². The van der Waals surface area contributed by atoms with E-state index in [-0.39, 0.29) is 18.3 Å². The summed E-state index contributed by atoms with van der Waals surface area (Å²) in [6.07, 6.45) is 0.991. The molecule has 1 aliphatic heterocycles. The number of carbonyl (C=O) groups is 1. The fraction of sp³-hybridized carbons (Fsp3) is 0.238. The molecule has 1 aromatic heterocycles. The highest BCUT2D eigenvalue weighted by molar-refractivity contribution is 5.80. The van der Waals surface area contributed by atoms with E-state index < -0.39 is 0 Å². The summed E-state index contributed by atoms with van der Waals surface area (Å²) in [7, 11) is 0. The van der Waals surface area contributed by atoms with Crippen LogP contribution in [0.3, 0.4) is 0 Å². The zero-order valence-electron chi connectivity index (χ0n) is 15.0. The fourth-order valence-electron chi connectivity index (χ4n) is 3.11. The number of aryl methyl sites for hydroxylation is 2. The Labute approximate surface area is 156 Å². The molecule has 2 N–H and O–H groups in total. The number of aromatic amines is 1. The van der Waals surface area contributed by atoms with Crippen molar-refractivity contribution in [2.24, 2.45) is 0 Å². The molecule has 3 aromatic rings. The first-order chi connectivity index (χ1) is 13.1. The maximum atomic E-state index is 12.2. The van der Waals surface area contributed by atoms with Crippen molar-refractivity contribution in [3.05, 3.63) is 69.5 Å². The predicted octanol–water partition coefficient (Wildman–Crippen LogP) is 2.81. The molecule has 4 rings (SSSR count). The number of amides is 1. The number of fused-ring (bicyclic) bond motifs is 2. The van der Waals surface area contributed by atoms with Crippen LogP contribution < -0.4 is 20.3 Å². The number of rotatable bonds is 5. The number of hydrogen-bond acceptors (Lipinski definition) is 4. The minimum absolute atomic E-state index is 0.0230. The van der Waals surface area contributed by atoms with Crippen LogP contribution >= 0.6 is 0 Å². The van der Waals surface area contributed by atoms with Crippen LogP contribution in [0.5, 0.6) is 11.5 Å². The van der Waals surface area contributed by atoms with Gasteiger partial charge in [-0.2, -0.15) is 0 Å². The number of aromatic nitrogens is 1. The molecule has 6 heteroatoms. The molecule has 1 amide bonds. The van der Waals surface area contributed by atoms with Gasteiger partial charge in [0.2, 0.25) is 12.7 Å². The lowest BCUT2D eigenvalue weighted by Gasteiger charge is -2.07. The van der Waals surface area contributed by atoms with Crippen molar-refractivity contribution in [1.82, 2.24) is 10.3 Å². The SMILES string of the molecule is Cc1cc2ccc(CCC(=O)NCc3ccc4c(c3)OCO4)cc2[nH]c1=O. The monoisotopic (exact) mass is 364 g/mol. The van der Waals surface area contributed by atoms with E-state index in [9.17, 15) is 9.59 Å². The summed E-state index contributed by atoms with van der Waals surface area (Å²) >= 11 is 0. The Morgan fingerprint density at radius 3 is 2.78 bits per heavy atom. The van der Waals surface area contributed by atoms with Gasteiger partial charge in [0.25, 0.3) is 5.56 Å². The Kier molecular flexibility index (Phi) is 4.54. The smallest absolute Gasteiger partial charge is 0.251 e. The molecule has 0 bridgehead atoms. The van der Waals surface area contributed by atoms with Gasteiger partial charge in [0.15, 0.2) is 11.5 Å². The second kappa shape index (κ2) is 7.15. The Bertz CT molecular complexity index is 1070. The highest BCUT2D eigenvalue weighted by Gasteiger charge is 2.13.